The van der Waals surface area contributed by atoms with Crippen LogP contribution < -0.4 is 5.32 Å². The molecule has 6 heteroatoms. The molecule has 2 aromatic rings. The first kappa shape index (κ1) is 21.5. The second-order valence-corrected chi connectivity index (χ2v) is 10.2. The Hall–Kier alpha value is -2.18. The highest BCUT2D eigenvalue weighted by Crippen LogP contribution is 2.23. The second kappa shape index (κ2) is 9.09. The zero-order valence-electron chi connectivity index (χ0n) is 17.4. The molecule has 156 valence electrons. The monoisotopic (exact) mass is 414 g/mol. The van der Waals surface area contributed by atoms with Crippen LogP contribution >= 0.6 is 0 Å². The Morgan fingerprint density at radius 3 is 2.21 bits per heavy atom. The van der Waals surface area contributed by atoms with Crippen molar-refractivity contribution in [2.45, 2.75) is 33.2 Å². The van der Waals surface area contributed by atoms with Gasteiger partial charge in [-0.1, -0.05) is 48.0 Å². The van der Waals surface area contributed by atoms with E-state index >= 15 is 0 Å². The molecule has 0 aromatic heterocycles. The summed E-state index contributed by atoms with van der Waals surface area (Å²) in [5.41, 5.74) is 5.91. The zero-order valence-corrected chi connectivity index (χ0v) is 18.3. The van der Waals surface area contributed by atoms with Crippen LogP contribution in [0.1, 0.15) is 33.9 Å². The van der Waals surface area contributed by atoms with Gasteiger partial charge in [0.15, 0.2) is 9.84 Å². The van der Waals surface area contributed by atoms with E-state index in [0.29, 0.717) is 19.6 Å². The van der Waals surface area contributed by atoms with Gasteiger partial charge in [-0.2, -0.15) is 0 Å². The van der Waals surface area contributed by atoms with Crippen LogP contribution in [0.3, 0.4) is 0 Å². The molecule has 0 saturated carbocycles. The molecule has 1 saturated heterocycles. The molecule has 1 unspecified atom stereocenters. The SMILES string of the molecule is Cc1cc(C)c(CCNC(=O)C(c2ccccc2)N2CCS(=O)(=O)CC2)c(C)c1. The Kier molecular flexibility index (Phi) is 6.75. The Bertz CT molecular complexity index is 934. The van der Waals surface area contributed by atoms with E-state index in [9.17, 15) is 13.2 Å². The first-order valence-corrected chi connectivity index (χ1v) is 11.9. The van der Waals surface area contributed by atoms with Gasteiger partial charge in [0, 0.05) is 19.6 Å². The molecule has 1 aliphatic rings. The summed E-state index contributed by atoms with van der Waals surface area (Å²) in [6, 6.07) is 13.5. The zero-order chi connectivity index (χ0) is 21.0. The first-order chi connectivity index (χ1) is 13.8. The van der Waals surface area contributed by atoms with E-state index in [2.05, 4.69) is 38.2 Å². The van der Waals surface area contributed by atoms with Gasteiger partial charge in [0.05, 0.1) is 11.5 Å². The van der Waals surface area contributed by atoms with Crippen molar-refractivity contribution in [3.63, 3.8) is 0 Å². The largest absolute Gasteiger partial charge is 0.354 e. The van der Waals surface area contributed by atoms with E-state index < -0.39 is 15.9 Å². The maximum absolute atomic E-state index is 13.1. The third-order valence-corrected chi connectivity index (χ3v) is 7.23. The highest BCUT2D eigenvalue weighted by molar-refractivity contribution is 7.91. The lowest BCUT2D eigenvalue weighted by Gasteiger charge is -2.33. The van der Waals surface area contributed by atoms with E-state index in [-0.39, 0.29) is 17.4 Å². The van der Waals surface area contributed by atoms with E-state index in [1.165, 1.54) is 22.3 Å². The first-order valence-electron chi connectivity index (χ1n) is 10.1. The molecule has 1 heterocycles. The molecule has 1 amide bonds. The van der Waals surface area contributed by atoms with Gasteiger partial charge in [-0.3, -0.25) is 9.69 Å². The summed E-state index contributed by atoms with van der Waals surface area (Å²) in [7, 11) is -3.00. The summed E-state index contributed by atoms with van der Waals surface area (Å²) >= 11 is 0. The van der Waals surface area contributed by atoms with E-state index in [0.717, 1.165) is 12.0 Å². The van der Waals surface area contributed by atoms with Crippen molar-refractivity contribution in [3.8, 4) is 0 Å². The minimum Gasteiger partial charge on any atom is -0.354 e. The molecule has 1 fully saturated rings. The number of hydrogen-bond acceptors (Lipinski definition) is 4. The Morgan fingerprint density at radius 1 is 1.03 bits per heavy atom. The minimum atomic E-state index is -3.00. The van der Waals surface area contributed by atoms with Gasteiger partial charge < -0.3 is 5.32 Å². The van der Waals surface area contributed by atoms with Crippen molar-refractivity contribution >= 4 is 15.7 Å². The predicted molar refractivity (Wildman–Crippen MR) is 117 cm³/mol. The van der Waals surface area contributed by atoms with Gasteiger partial charge in [0.1, 0.15) is 6.04 Å². The quantitative estimate of drug-likeness (QED) is 0.789. The summed E-state index contributed by atoms with van der Waals surface area (Å²) in [5, 5.41) is 3.09. The number of hydrogen-bond donors (Lipinski definition) is 1. The molecule has 0 bridgehead atoms. The summed E-state index contributed by atoms with van der Waals surface area (Å²) in [4.78, 5) is 15.1. The fourth-order valence-electron chi connectivity index (χ4n) is 4.16. The third kappa shape index (κ3) is 5.46. The fourth-order valence-corrected chi connectivity index (χ4v) is 5.39. The van der Waals surface area contributed by atoms with Crippen molar-refractivity contribution in [2.24, 2.45) is 0 Å². The average molecular weight is 415 g/mol. The number of carbonyl (C=O) groups is 1. The third-order valence-electron chi connectivity index (χ3n) is 5.62. The molecule has 2 aromatic carbocycles. The topological polar surface area (TPSA) is 66.5 Å². The van der Waals surface area contributed by atoms with Crippen LogP contribution in [-0.2, 0) is 21.1 Å². The summed E-state index contributed by atoms with van der Waals surface area (Å²) < 4.78 is 23.6. The lowest BCUT2D eigenvalue weighted by molar-refractivity contribution is -0.126. The number of rotatable bonds is 6. The maximum Gasteiger partial charge on any atom is 0.241 e. The highest BCUT2D eigenvalue weighted by atomic mass is 32.2. The van der Waals surface area contributed by atoms with Gasteiger partial charge >= 0.3 is 0 Å². The predicted octanol–water partition coefficient (Wildman–Crippen LogP) is 2.74. The number of aryl methyl sites for hydroxylation is 3. The lowest BCUT2D eigenvalue weighted by Crippen LogP contribution is -2.47. The van der Waals surface area contributed by atoms with Gasteiger partial charge in [-0.05, 0) is 49.4 Å². The average Bonchev–Trinajstić information content (AvgIpc) is 2.66. The van der Waals surface area contributed by atoms with Crippen molar-refractivity contribution in [3.05, 3.63) is 70.3 Å². The maximum atomic E-state index is 13.1. The standard InChI is InChI=1S/C23H30N2O3S/c1-17-15-18(2)21(19(3)16-17)9-10-24-23(26)22(20-7-5-4-6-8-20)25-11-13-29(27,28)14-12-25/h4-8,15-16,22H,9-14H2,1-3H3,(H,24,26). The van der Waals surface area contributed by atoms with Gasteiger partial charge in [0.2, 0.25) is 5.91 Å². The Morgan fingerprint density at radius 2 is 1.62 bits per heavy atom. The molecule has 1 aliphatic heterocycles. The number of nitrogens with one attached hydrogen (secondary N) is 1. The van der Waals surface area contributed by atoms with Crippen LogP contribution in [0.2, 0.25) is 0 Å². The van der Waals surface area contributed by atoms with E-state index in [4.69, 9.17) is 0 Å². The summed E-state index contributed by atoms with van der Waals surface area (Å²) in [5.74, 6) is 0.134. The minimum absolute atomic E-state index is 0.0714. The van der Waals surface area contributed by atoms with Crippen molar-refractivity contribution in [1.82, 2.24) is 10.2 Å². The Labute approximate surface area is 174 Å². The van der Waals surface area contributed by atoms with Crippen molar-refractivity contribution < 1.29 is 13.2 Å². The number of carbonyl (C=O) groups excluding carboxylic acids is 1. The molecule has 0 radical (unpaired) electrons. The molecular formula is C23H30N2O3S. The number of sulfone groups is 1. The van der Waals surface area contributed by atoms with E-state index in [1.54, 1.807) is 0 Å². The van der Waals surface area contributed by atoms with Gasteiger partial charge in [-0.25, -0.2) is 8.42 Å². The van der Waals surface area contributed by atoms with Crippen LogP contribution in [0.15, 0.2) is 42.5 Å². The molecular weight excluding hydrogens is 384 g/mol. The van der Waals surface area contributed by atoms with Gasteiger partial charge in [-0.15, -0.1) is 0 Å². The highest BCUT2D eigenvalue weighted by Gasteiger charge is 2.32. The second-order valence-electron chi connectivity index (χ2n) is 7.92. The summed E-state index contributed by atoms with van der Waals surface area (Å²) in [6.07, 6.45) is 0.777. The molecule has 0 aliphatic carbocycles. The van der Waals surface area contributed by atoms with Crippen molar-refractivity contribution in [1.29, 1.82) is 0 Å². The fraction of sp³-hybridized carbons (Fsp3) is 0.435. The Balaban J connectivity index is 1.71. The van der Waals surface area contributed by atoms with Crippen LogP contribution in [0.5, 0.6) is 0 Å². The lowest BCUT2D eigenvalue weighted by atomic mass is 9.97. The molecule has 3 rings (SSSR count). The summed E-state index contributed by atoms with van der Waals surface area (Å²) in [6.45, 7) is 7.63. The normalized spacial score (nSPS) is 17.6. The van der Waals surface area contributed by atoms with Crippen molar-refractivity contribution in [2.75, 3.05) is 31.1 Å². The van der Waals surface area contributed by atoms with Crippen LogP contribution in [0.4, 0.5) is 0 Å². The van der Waals surface area contributed by atoms with Crippen LogP contribution in [-0.4, -0.2) is 50.4 Å². The number of amides is 1. The van der Waals surface area contributed by atoms with Crippen LogP contribution in [0.25, 0.3) is 0 Å². The smallest absolute Gasteiger partial charge is 0.241 e. The van der Waals surface area contributed by atoms with E-state index in [1.807, 2.05) is 35.2 Å². The number of nitrogens with zero attached hydrogens (tertiary/aromatic N) is 1. The molecule has 5 nitrogen and oxygen atoms in total. The molecule has 0 spiro atoms. The number of benzene rings is 2. The van der Waals surface area contributed by atoms with Gasteiger partial charge in [0.25, 0.3) is 0 Å². The molecule has 1 N–H and O–H groups in total. The van der Waals surface area contributed by atoms with Crippen LogP contribution in [0, 0.1) is 20.8 Å². The molecule has 1 atom stereocenters. The molecule has 29 heavy (non-hydrogen) atoms.